The van der Waals surface area contributed by atoms with Gasteiger partial charge in [-0.3, -0.25) is 5.32 Å². The average Bonchev–Trinajstić information content (AvgIpc) is 3.35. The van der Waals surface area contributed by atoms with Gasteiger partial charge in [0.2, 0.25) is 5.88 Å². The molecular formula is C22H25FN8O2. The number of amides is 2. The van der Waals surface area contributed by atoms with E-state index in [1.165, 1.54) is 18.5 Å². The van der Waals surface area contributed by atoms with Gasteiger partial charge < -0.3 is 15.6 Å². The van der Waals surface area contributed by atoms with Crippen molar-refractivity contribution in [1.29, 1.82) is 0 Å². The first-order chi connectivity index (χ1) is 15.5. The van der Waals surface area contributed by atoms with Crippen LogP contribution in [0.4, 0.5) is 26.6 Å². The van der Waals surface area contributed by atoms with E-state index in [4.69, 9.17) is 10.3 Å². The van der Waals surface area contributed by atoms with Crippen molar-refractivity contribution in [3.8, 4) is 11.3 Å². The van der Waals surface area contributed by atoms with E-state index >= 15 is 0 Å². The summed E-state index contributed by atoms with van der Waals surface area (Å²) < 4.78 is 21.7. The second-order valence-electron chi connectivity index (χ2n) is 8.94. The van der Waals surface area contributed by atoms with Crippen molar-refractivity contribution >= 4 is 34.5 Å². The number of carbonyl (C=O) groups is 1. The molecular weight excluding hydrogens is 427 g/mol. The topological polar surface area (TPSA) is 137 Å². The molecule has 1 aromatic carbocycles. The summed E-state index contributed by atoms with van der Waals surface area (Å²) in [6.07, 6.45) is 1.37. The van der Waals surface area contributed by atoms with Gasteiger partial charge in [-0.2, -0.15) is 5.10 Å². The molecule has 0 aliphatic rings. The smallest absolute Gasteiger partial charge is 0.326 e. The molecule has 0 atom stereocenters. The Morgan fingerprint density at radius 3 is 2.58 bits per heavy atom. The third-order valence-corrected chi connectivity index (χ3v) is 5.01. The van der Waals surface area contributed by atoms with Crippen LogP contribution in [-0.4, -0.2) is 30.9 Å². The lowest BCUT2D eigenvalue weighted by Gasteiger charge is -2.12. The normalized spacial score (nSPS) is 11.8. The molecule has 4 N–H and O–H groups in total. The number of anilines is 3. The number of urea groups is 1. The lowest BCUT2D eigenvalue weighted by molar-refractivity contribution is 0.261. The van der Waals surface area contributed by atoms with Crippen LogP contribution in [0.5, 0.6) is 0 Å². The first kappa shape index (κ1) is 22.2. The number of aromatic nitrogens is 5. The number of hydrogen-bond acceptors (Lipinski definition) is 7. The number of benzene rings is 1. The number of nitrogens with zero attached hydrogens (tertiary/aromatic N) is 5. The van der Waals surface area contributed by atoms with E-state index < -0.39 is 11.8 Å². The first-order valence-corrected chi connectivity index (χ1v) is 10.4. The Kier molecular flexibility index (Phi) is 5.48. The number of nitrogens with two attached hydrogens (primary N) is 1. The zero-order valence-corrected chi connectivity index (χ0v) is 19.0. The van der Waals surface area contributed by atoms with Crippen molar-refractivity contribution in [2.45, 2.75) is 46.1 Å². The Hall–Kier alpha value is -4.02. The molecule has 33 heavy (non-hydrogen) atoms. The van der Waals surface area contributed by atoms with Gasteiger partial charge in [0.1, 0.15) is 23.7 Å². The Labute approximate surface area is 189 Å². The van der Waals surface area contributed by atoms with Crippen molar-refractivity contribution in [2.75, 3.05) is 16.4 Å². The molecule has 0 fully saturated rings. The summed E-state index contributed by atoms with van der Waals surface area (Å²) >= 11 is 0. The molecule has 3 aromatic heterocycles. The van der Waals surface area contributed by atoms with Crippen molar-refractivity contribution in [1.82, 2.24) is 24.9 Å². The Bertz CT molecular complexity index is 1340. The standard InChI is InChI=1S/C22H25FN8O2/c1-11(2)31-20-17(19(24)25-10-26-20)18(29-31)12-6-7-14(13(23)8-12)27-21(32)28-16-9-15(30-33-16)22(3,4)5/h6-11H,1-5H3,(H2,24,25,26)(H2,27,28,32). The zero-order chi connectivity index (χ0) is 23.9. The van der Waals surface area contributed by atoms with Gasteiger partial charge in [-0.05, 0) is 26.0 Å². The SMILES string of the molecule is CC(C)n1nc(-c2ccc(NC(=O)Nc3cc(C(C)(C)C)no3)c(F)c2)c2c(N)ncnc21. The maximum absolute atomic E-state index is 14.9. The van der Waals surface area contributed by atoms with Gasteiger partial charge >= 0.3 is 6.03 Å². The van der Waals surface area contributed by atoms with Gasteiger partial charge in [0.05, 0.1) is 16.8 Å². The van der Waals surface area contributed by atoms with Crippen LogP contribution in [0.2, 0.25) is 0 Å². The van der Waals surface area contributed by atoms with Gasteiger partial charge in [0, 0.05) is 23.1 Å². The molecule has 0 radical (unpaired) electrons. The minimum atomic E-state index is -0.662. The highest BCUT2D eigenvalue weighted by Gasteiger charge is 2.21. The maximum Gasteiger partial charge on any atom is 0.326 e. The summed E-state index contributed by atoms with van der Waals surface area (Å²) in [7, 11) is 0. The van der Waals surface area contributed by atoms with Crippen LogP contribution in [0.1, 0.15) is 46.4 Å². The van der Waals surface area contributed by atoms with Crippen LogP contribution in [0.25, 0.3) is 22.3 Å². The summed E-state index contributed by atoms with van der Waals surface area (Å²) in [5.41, 5.74) is 8.02. The number of carbonyl (C=O) groups excluding carboxylic acids is 1. The fourth-order valence-corrected chi connectivity index (χ4v) is 3.27. The van der Waals surface area contributed by atoms with Crippen LogP contribution in [0.15, 0.2) is 35.1 Å². The van der Waals surface area contributed by atoms with Crippen molar-refractivity contribution in [3.63, 3.8) is 0 Å². The van der Waals surface area contributed by atoms with Gasteiger partial charge in [-0.25, -0.2) is 23.8 Å². The minimum absolute atomic E-state index is 0.0105. The molecule has 0 aliphatic heterocycles. The molecule has 4 rings (SSSR count). The highest BCUT2D eigenvalue weighted by Crippen LogP contribution is 2.33. The number of rotatable bonds is 4. The zero-order valence-electron chi connectivity index (χ0n) is 19.0. The average molecular weight is 452 g/mol. The van der Waals surface area contributed by atoms with E-state index in [1.807, 2.05) is 34.6 Å². The summed E-state index contributed by atoms with van der Waals surface area (Å²) in [4.78, 5) is 20.6. The number of fused-ring (bicyclic) bond motifs is 1. The molecule has 10 nitrogen and oxygen atoms in total. The van der Waals surface area contributed by atoms with E-state index in [2.05, 4.69) is 30.9 Å². The summed E-state index contributed by atoms with van der Waals surface area (Å²) in [5.74, 6) is -0.223. The van der Waals surface area contributed by atoms with Crippen LogP contribution in [0.3, 0.4) is 0 Å². The molecule has 0 saturated heterocycles. The first-order valence-electron chi connectivity index (χ1n) is 10.4. The predicted molar refractivity (Wildman–Crippen MR) is 123 cm³/mol. The molecule has 2 amide bonds. The molecule has 3 heterocycles. The van der Waals surface area contributed by atoms with E-state index in [1.54, 1.807) is 16.8 Å². The largest absolute Gasteiger partial charge is 0.383 e. The molecule has 0 saturated carbocycles. The lowest BCUT2D eigenvalue weighted by Crippen LogP contribution is -2.20. The molecule has 0 aliphatic carbocycles. The second kappa shape index (κ2) is 8.15. The highest BCUT2D eigenvalue weighted by molar-refractivity contribution is 6.00. The molecule has 172 valence electrons. The monoisotopic (exact) mass is 452 g/mol. The molecule has 0 spiro atoms. The molecule has 11 heteroatoms. The second-order valence-corrected chi connectivity index (χ2v) is 8.94. The van der Waals surface area contributed by atoms with E-state index in [-0.39, 0.29) is 28.8 Å². The van der Waals surface area contributed by atoms with Crippen LogP contribution in [0, 0.1) is 5.82 Å². The fourth-order valence-electron chi connectivity index (χ4n) is 3.27. The third kappa shape index (κ3) is 4.34. The minimum Gasteiger partial charge on any atom is -0.383 e. The van der Waals surface area contributed by atoms with Gasteiger partial charge in [-0.15, -0.1) is 0 Å². The third-order valence-electron chi connectivity index (χ3n) is 5.01. The number of hydrogen-bond donors (Lipinski definition) is 3. The van der Waals surface area contributed by atoms with Crippen LogP contribution >= 0.6 is 0 Å². The van der Waals surface area contributed by atoms with Gasteiger partial charge in [0.25, 0.3) is 0 Å². The molecule has 0 unspecified atom stereocenters. The summed E-state index contributed by atoms with van der Waals surface area (Å²) in [5, 5.41) is 14.0. The predicted octanol–water partition coefficient (Wildman–Crippen LogP) is 4.73. The Balaban J connectivity index is 1.58. The lowest BCUT2D eigenvalue weighted by atomic mass is 9.92. The number of nitrogen functional groups attached to an aromatic ring is 1. The Morgan fingerprint density at radius 2 is 1.94 bits per heavy atom. The van der Waals surface area contributed by atoms with Crippen LogP contribution < -0.4 is 16.4 Å². The van der Waals surface area contributed by atoms with E-state index in [0.717, 1.165) is 0 Å². The Morgan fingerprint density at radius 1 is 1.18 bits per heavy atom. The van der Waals surface area contributed by atoms with E-state index in [0.29, 0.717) is 28.0 Å². The van der Waals surface area contributed by atoms with Crippen molar-refractivity contribution < 1.29 is 13.7 Å². The molecule has 4 aromatic rings. The fraction of sp³-hybridized carbons (Fsp3) is 0.318. The van der Waals surface area contributed by atoms with Gasteiger partial charge in [-0.1, -0.05) is 32.0 Å². The molecule has 0 bridgehead atoms. The highest BCUT2D eigenvalue weighted by atomic mass is 19.1. The van der Waals surface area contributed by atoms with Crippen molar-refractivity contribution in [2.24, 2.45) is 0 Å². The van der Waals surface area contributed by atoms with Crippen LogP contribution in [-0.2, 0) is 5.41 Å². The summed E-state index contributed by atoms with van der Waals surface area (Å²) in [6, 6.07) is 5.35. The number of nitrogens with one attached hydrogen (secondary N) is 2. The van der Waals surface area contributed by atoms with Crippen molar-refractivity contribution in [3.05, 3.63) is 42.1 Å². The summed E-state index contributed by atoms with van der Waals surface area (Å²) in [6.45, 7) is 9.83. The van der Waals surface area contributed by atoms with E-state index in [9.17, 15) is 9.18 Å². The quantitative estimate of drug-likeness (QED) is 0.407. The maximum atomic E-state index is 14.9. The van der Waals surface area contributed by atoms with Gasteiger partial charge in [0.15, 0.2) is 5.65 Å². The number of halogens is 1.